The van der Waals surface area contributed by atoms with Gasteiger partial charge < -0.3 is 5.21 Å². The summed E-state index contributed by atoms with van der Waals surface area (Å²) >= 11 is 0. The lowest BCUT2D eigenvalue weighted by Gasteiger charge is -2.13. The number of hydroxylamine groups is 1. The number of nitrogens with zero attached hydrogens (tertiary/aromatic N) is 1. The molecule has 0 unspecified atom stereocenters. The summed E-state index contributed by atoms with van der Waals surface area (Å²) in [5.41, 5.74) is 2.04. The van der Waals surface area contributed by atoms with E-state index in [1.54, 1.807) is 17.7 Å². The largest absolute Gasteiger partial charge is 0.328 e. The maximum atomic E-state index is 11.6. The van der Waals surface area contributed by atoms with Gasteiger partial charge in [-0.15, -0.1) is 0 Å². The van der Waals surface area contributed by atoms with Crippen molar-refractivity contribution in [2.24, 2.45) is 0 Å². The van der Waals surface area contributed by atoms with Crippen molar-refractivity contribution in [2.45, 2.75) is 38.3 Å². The summed E-state index contributed by atoms with van der Waals surface area (Å²) in [6, 6.07) is 0.0804. The molecule has 88 valence electrons. The molecule has 2 atom stereocenters. The number of aromatic nitrogens is 2. The summed E-state index contributed by atoms with van der Waals surface area (Å²) in [5, 5.41) is 8.80. The molecule has 0 radical (unpaired) electrons. The van der Waals surface area contributed by atoms with Crippen molar-refractivity contribution in [3.63, 3.8) is 0 Å². The fourth-order valence-electron chi connectivity index (χ4n) is 2.18. The highest BCUT2D eigenvalue weighted by atomic mass is 16.5. The summed E-state index contributed by atoms with van der Waals surface area (Å²) in [4.78, 5) is 25.1. The van der Waals surface area contributed by atoms with Gasteiger partial charge in [-0.1, -0.05) is 0 Å². The van der Waals surface area contributed by atoms with Crippen LogP contribution in [0.4, 0.5) is 0 Å². The van der Waals surface area contributed by atoms with Crippen LogP contribution in [-0.2, 0) is 0 Å². The SMILES string of the molecule is Cc1cn([C@H]2CC[C@@H](NO)C2)c(=O)[nH]c1=O. The zero-order valence-corrected chi connectivity index (χ0v) is 9.06. The molecule has 2 rings (SSSR count). The molecule has 0 bridgehead atoms. The first-order valence-corrected chi connectivity index (χ1v) is 5.33. The molecule has 1 aliphatic rings. The summed E-state index contributed by atoms with van der Waals surface area (Å²) < 4.78 is 1.55. The third-order valence-corrected chi connectivity index (χ3v) is 3.13. The third kappa shape index (κ3) is 1.94. The minimum atomic E-state index is -0.376. The third-order valence-electron chi connectivity index (χ3n) is 3.13. The van der Waals surface area contributed by atoms with Gasteiger partial charge in [0.15, 0.2) is 0 Å². The Hall–Kier alpha value is -1.40. The van der Waals surface area contributed by atoms with E-state index < -0.39 is 0 Å². The zero-order valence-electron chi connectivity index (χ0n) is 9.06. The summed E-state index contributed by atoms with van der Waals surface area (Å²) in [5.74, 6) is 0. The Labute approximate surface area is 91.9 Å². The van der Waals surface area contributed by atoms with E-state index in [9.17, 15) is 9.59 Å². The average Bonchev–Trinajstić information content (AvgIpc) is 2.71. The maximum absolute atomic E-state index is 11.6. The summed E-state index contributed by atoms with van der Waals surface area (Å²) in [7, 11) is 0. The van der Waals surface area contributed by atoms with Crippen molar-refractivity contribution >= 4 is 0 Å². The van der Waals surface area contributed by atoms with Gasteiger partial charge in [-0.2, -0.15) is 0 Å². The van der Waals surface area contributed by atoms with Crippen LogP contribution in [0.15, 0.2) is 15.8 Å². The number of hydrogen-bond acceptors (Lipinski definition) is 4. The topological polar surface area (TPSA) is 87.1 Å². The fraction of sp³-hybridized carbons (Fsp3) is 0.600. The average molecular weight is 225 g/mol. The van der Waals surface area contributed by atoms with Gasteiger partial charge in [-0.25, -0.2) is 10.3 Å². The second kappa shape index (κ2) is 4.23. The van der Waals surface area contributed by atoms with Crippen LogP contribution in [0.1, 0.15) is 30.9 Å². The molecule has 1 heterocycles. The van der Waals surface area contributed by atoms with Gasteiger partial charge in [0.1, 0.15) is 0 Å². The normalized spacial score (nSPS) is 24.9. The molecule has 1 aromatic heterocycles. The van der Waals surface area contributed by atoms with E-state index in [0.717, 1.165) is 12.8 Å². The number of aromatic amines is 1. The molecule has 0 spiro atoms. The maximum Gasteiger partial charge on any atom is 0.328 e. The number of aryl methyl sites for hydroxylation is 1. The van der Waals surface area contributed by atoms with E-state index in [0.29, 0.717) is 12.0 Å². The Balaban J connectivity index is 2.32. The molecule has 0 aromatic carbocycles. The summed E-state index contributed by atoms with van der Waals surface area (Å²) in [6.45, 7) is 1.67. The number of hydrogen-bond donors (Lipinski definition) is 3. The highest BCUT2D eigenvalue weighted by Crippen LogP contribution is 2.28. The smallest absolute Gasteiger partial charge is 0.317 e. The van der Waals surface area contributed by atoms with Crippen LogP contribution in [0.3, 0.4) is 0 Å². The van der Waals surface area contributed by atoms with Gasteiger partial charge in [0.2, 0.25) is 0 Å². The molecule has 0 amide bonds. The van der Waals surface area contributed by atoms with E-state index in [-0.39, 0.29) is 23.3 Å². The number of nitrogens with one attached hydrogen (secondary N) is 2. The van der Waals surface area contributed by atoms with Gasteiger partial charge in [0.25, 0.3) is 5.56 Å². The Morgan fingerprint density at radius 3 is 2.88 bits per heavy atom. The quantitative estimate of drug-likeness (QED) is 0.614. The summed E-state index contributed by atoms with van der Waals surface area (Å²) in [6.07, 6.45) is 3.93. The molecule has 0 aliphatic heterocycles. The molecule has 1 saturated carbocycles. The first kappa shape index (κ1) is 11.1. The lowest BCUT2D eigenvalue weighted by Crippen LogP contribution is -2.33. The standard InChI is InChI=1S/C10H15N3O3/c1-6-5-13(10(15)11-9(6)14)8-3-2-7(4-8)12-16/h5,7-8,12,16H,2-4H2,1H3,(H,11,14,15)/t7-,8+/m1/s1. The first-order valence-electron chi connectivity index (χ1n) is 5.33. The minimum Gasteiger partial charge on any atom is -0.317 e. The van der Waals surface area contributed by atoms with E-state index in [4.69, 9.17) is 5.21 Å². The lowest BCUT2D eigenvalue weighted by molar-refractivity contribution is 0.126. The van der Waals surface area contributed by atoms with Gasteiger partial charge in [0, 0.05) is 23.8 Å². The second-order valence-electron chi connectivity index (χ2n) is 4.27. The molecule has 0 saturated heterocycles. The second-order valence-corrected chi connectivity index (χ2v) is 4.27. The van der Waals surface area contributed by atoms with E-state index in [1.807, 2.05) is 0 Å². The Morgan fingerprint density at radius 2 is 2.25 bits per heavy atom. The first-order chi connectivity index (χ1) is 7.61. The highest BCUT2D eigenvalue weighted by molar-refractivity contribution is 5.02. The fourth-order valence-corrected chi connectivity index (χ4v) is 2.18. The van der Waals surface area contributed by atoms with Crippen molar-refractivity contribution in [2.75, 3.05) is 0 Å². The molecule has 16 heavy (non-hydrogen) atoms. The van der Waals surface area contributed by atoms with E-state index >= 15 is 0 Å². The van der Waals surface area contributed by atoms with Crippen LogP contribution in [0.25, 0.3) is 0 Å². The van der Waals surface area contributed by atoms with Crippen molar-refractivity contribution in [1.29, 1.82) is 0 Å². The van der Waals surface area contributed by atoms with Crippen LogP contribution in [0, 0.1) is 6.92 Å². The molecular formula is C10H15N3O3. The zero-order chi connectivity index (χ0) is 11.7. The minimum absolute atomic E-state index is 0.0316. The monoisotopic (exact) mass is 225 g/mol. The van der Waals surface area contributed by atoms with Crippen LogP contribution in [0.5, 0.6) is 0 Å². The van der Waals surface area contributed by atoms with Crippen molar-refractivity contribution in [3.05, 3.63) is 32.6 Å². The number of rotatable bonds is 2. The highest BCUT2D eigenvalue weighted by Gasteiger charge is 2.26. The predicted octanol–water partition coefficient (Wildman–Crippen LogP) is -0.0826. The van der Waals surface area contributed by atoms with E-state index in [2.05, 4.69) is 10.5 Å². The van der Waals surface area contributed by atoms with Crippen molar-refractivity contribution in [1.82, 2.24) is 15.0 Å². The Kier molecular flexibility index (Phi) is 2.93. The molecule has 3 N–H and O–H groups in total. The van der Waals surface area contributed by atoms with Gasteiger partial charge >= 0.3 is 5.69 Å². The van der Waals surface area contributed by atoms with Crippen LogP contribution < -0.4 is 16.7 Å². The molecule has 6 heteroatoms. The van der Waals surface area contributed by atoms with Gasteiger partial charge in [-0.05, 0) is 26.2 Å². The molecule has 6 nitrogen and oxygen atoms in total. The van der Waals surface area contributed by atoms with E-state index in [1.165, 1.54) is 0 Å². The Bertz CT molecular complexity index is 491. The van der Waals surface area contributed by atoms with Crippen molar-refractivity contribution in [3.8, 4) is 0 Å². The predicted molar refractivity (Wildman–Crippen MR) is 57.7 cm³/mol. The molecular weight excluding hydrogens is 210 g/mol. The van der Waals surface area contributed by atoms with Gasteiger partial charge in [-0.3, -0.25) is 14.3 Å². The van der Waals surface area contributed by atoms with Crippen LogP contribution >= 0.6 is 0 Å². The van der Waals surface area contributed by atoms with Crippen molar-refractivity contribution < 1.29 is 5.21 Å². The molecule has 1 fully saturated rings. The van der Waals surface area contributed by atoms with Crippen LogP contribution in [-0.4, -0.2) is 20.8 Å². The van der Waals surface area contributed by atoms with Gasteiger partial charge in [0.05, 0.1) is 0 Å². The number of H-pyrrole nitrogens is 1. The lowest BCUT2D eigenvalue weighted by atomic mass is 10.2. The Morgan fingerprint density at radius 1 is 1.50 bits per heavy atom. The van der Waals surface area contributed by atoms with Crippen LogP contribution in [0.2, 0.25) is 0 Å². The molecule has 1 aromatic rings. The molecule has 1 aliphatic carbocycles.